The van der Waals surface area contributed by atoms with Crippen molar-refractivity contribution in [2.75, 3.05) is 54.1 Å². The lowest BCUT2D eigenvalue weighted by Gasteiger charge is -2.51. The van der Waals surface area contributed by atoms with Gasteiger partial charge in [-0.2, -0.15) is 0 Å². The lowest BCUT2D eigenvalue weighted by Crippen LogP contribution is -2.60. The van der Waals surface area contributed by atoms with E-state index in [1.165, 1.54) is 7.11 Å². The minimum atomic E-state index is 0.00817. The van der Waals surface area contributed by atoms with Gasteiger partial charge in [-0.15, -0.1) is 0 Å². The number of nitrogens with zero attached hydrogens (tertiary/aromatic N) is 2. The summed E-state index contributed by atoms with van der Waals surface area (Å²) < 4.78 is 16.3. The number of piperidine rings is 2. The van der Waals surface area contributed by atoms with Gasteiger partial charge in [0.2, 0.25) is 17.7 Å². The number of methoxy groups -OCH3 is 3. The molecule has 0 radical (unpaired) electrons. The van der Waals surface area contributed by atoms with E-state index in [1.807, 2.05) is 11.0 Å². The quantitative estimate of drug-likeness (QED) is 0.660. The summed E-state index contributed by atoms with van der Waals surface area (Å²) in [5.41, 5.74) is 2.07. The number of aryl methyl sites for hydroxylation is 2. The van der Waals surface area contributed by atoms with Crippen molar-refractivity contribution in [2.45, 2.75) is 57.4 Å². The molecule has 204 valence electrons. The average molecular weight is 516 g/mol. The third kappa shape index (κ3) is 6.55. The molecule has 37 heavy (non-hydrogen) atoms. The molecule has 2 fully saturated rings. The average Bonchev–Trinajstić information content (AvgIpc) is 2.89. The standard InChI is InChI=1S/C28H41N3O6/c1-35-18-27(34)30-15-20-13-22(17-30)23-7-4-8-25(32)29-11-5-6-21-12-19(9-10-26(33)31(23)16-20)14-24(36-2)28(21)37-3/h12,14,20,22-23H,4-11,13,15-18H2,1-3H3,(H,29,32)/t20-,22+,23-/m0/s1. The molecule has 3 aliphatic rings. The number of benzene rings is 1. The third-order valence-corrected chi connectivity index (χ3v) is 8.00. The van der Waals surface area contributed by atoms with Gasteiger partial charge in [0.15, 0.2) is 11.5 Å². The lowest BCUT2D eigenvalue weighted by atomic mass is 9.77. The summed E-state index contributed by atoms with van der Waals surface area (Å²) in [6.07, 6.45) is 5.51. The number of hydrogen-bond donors (Lipinski definition) is 1. The maximum atomic E-state index is 13.6. The molecule has 2 saturated heterocycles. The van der Waals surface area contributed by atoms with Crippen molar-refractivity contribution in [2.24, 2.45) is 11.8 Å². The summed E-state index contributed by atoms with van der Waals surface area (Å²) >= 11 is 0. The molecule has 4 bridgehead atoms. The van der Waals surface area contributed by atoms with E-state index in [0.29, 0.717) is 56.9 Å². The minimum Gasteiger partial charge on any atom is -0.493 e. The molecule has 1 aromatic carbocycles. The molecule has 1 N–H and O–H groups in total. The Hall–Kier alpha value is -2.81. The summed E-state index contributed by atoms with van der Waals surface area (Å²) in [4.78, 5) is 42.7. The Balaban J connectivity index is 1.56. The number of hydrogen-bond acceptors (Lipinski definition) is 6. The Morgan fingerprint density at radius 1 is 1.00 bits per heavy atom. The van der Waals surface area contributed by atoms with E-state index in [2.05, 4.69) is 16.3 Å². The largest absolute Gasteiger partial charge is 0.493 e. The second kappa shape index (κ2) is 12.6. The van der Waals surface area contributed by atoms with Crippen molar-refractivity contribution in [1.82, 2.24) is 15.1 Å². The van der Waals surface area contributed by atoms with Gasteiger partial charge in [0.25, 0.3) is 0 Å². The topological polar surface area (TPSA) is 97.4 Å². The van der Waals surface area contributed by atoms with Crippen LogP contribution >= 0.6 is 0 Å². The van der Waals surface area contributed by atoms with Gasteiger partial charge in [-0.3, -0.25) is 14.4 Å². The Labute approximate surface area is 219 Å². The Morgan fingerprint density at radius 3 is 2.59 bits per heavy atom. The summed E-state index contributed by atoms with van der Waals surface area (Å²) in [6.45, 7) is 2.64. The first-order chi connectivity index (χ1) is 17.9. The molecule has 0 aliphatic carbocycles. The first-order valence-corrected chi connectivity index (χ1v) is 13.5. The summed E-state index contributed by atoms with van der Waals surface area (Å²) in [5.74, 6) is 2.05. The van der Waals surface area contributed by atoms with Crippen LogP contribution in [0.4, 0.5) is 0 Å². The molecule has 0 aromatic heterocycles. The molecular weight excluding hydrogens is 474 g/mol. The highest BCUT2D eigenvalue weighted by Crippen LogP contribution is 2.37. The first kappa shape index (κ1) is 27.2. The fourth-order valence-corrected chi connectivity index (χ4v) is 6.32. The second-order valence-corrected chi connectivity index (χ2v) is 10.5. The summed E-state index contributed by atoms with van der Waals surface area (Å²) in [6, 6.07) is 4.09. The van der Waals surface area contributed by atoms with Crippen molar-refractivity contribution in [1.29, 1.82) is 0 Å². The smallest absolute Gasteiger partial charge is 0.248 e. The number of carbonyl (C=O) groups excluding carboxylic acids is 3. The van der Waals surface area contributed by atoms with E-state index in [9.17, 15) is 14.4 Å². The normalized spacial score (nSPS) is 25.2. The second-order valence-electron chi connectivity index (χ2n) is 10.5. The number of nitrogens with one attached hydrogen (secondary N) is 1. The zero-order chi connectivity index (χ0) is 26.4. The molecule has 3 amide bonds. The highest BCUT2D eigenvalue weighted by atomic mass is 16.5. The molecule has 0 unspecified atom stereocenters. The van der Waals surface area contributed by atoms with Crippen molar-refractivity contribution in [3.63, 3.8) is 0 Å². The molecule has 0 spiro atoms. The monoisotopic (exact) mass is 515 g/mol. The van der Waals surface area contributed by atoms with Gasteiger partial charge in [-0.25, -0.2) is 0 Å². The molecule has 9 nitrogen and oxygen atoms in total. The van der Waals surface area contributed by atoms with Crippen LogP contribution in [0, 0.1) is 11.8 Å². The van der Waals surface area contributed by atoms with Gasteiger partial charge in [-0.05, 0) is 67.6 Å². The minimum absolute atomic E-state index is 0.00817. The Kier molecular flexibility index (Phi) is 9.29. The van der Waals surface area contributed by atoms with Crippen LogP contribution in [0.2, 0.25) is 0 Å². The van der Waals surface area contributed by atoms with Gasteiger partial charge in [0.1, 0.15) is 6.61 Å². The van der Waals surface area contributed by atoms with Crippen LogP contribution in [-0.4, -0.2) is 87.7 Å². The van der Waals surface area contributed by atoms with Gasteiger partial charge in [-0.1, -0.05) is 6.07 Å². The van der Waals surface area contributed by atoms with E-state index in [1.54, 1.807) is 14.2 Å². The van der Waals surface area contributed by atoms with Crippen LogP contribution in [-0.2, 0) is 32.0 Å². The van der Waals surface area contributed by atoms with Gasteiger partial charge >= 0.3 is 0 Å². The number of amides is 3. The predicted octanol–water partition coefficient (Wildman–Crippen LogP) is 2.19. The number of carbonyl (C=O) groups is 3. The zero-order valence-electron chi connectivity index (χ0n) is 22.4. The van der Waals surface area contributed by atoms with Crippen LogP contribution < -0.4 is 14.8 Å². The van der Waals surface area contributed by atoms with Crippen molar-refractivity contribution >= 4 is 17.7 Å². The van der Waals surface area contributed by atoms with Gasteiger partial charge in [0, 0.05) is 52.2 Å². The fourth-order valence-electron chi connectivity index (χ4n) is 6.32. The van der Waals surface area contributed by atoms with Crippen LogP contribution in [0.15, 0.2) is 12.1 Å². The van der Waals surface area contributed by atoms with Crippen LogP contribution in [0.5, 0.6) is 11.5 Å². The zero-order valence-corrected chi connectivity index (χ0v) is 22.4. The van der Waals surface area contributed by atoms with Crippen molar-refractivity contribution in [3.8, 4) is 11.5 Å². The third-order valence-electron chi connectivity index (χ3n) is 8.00. The Morgan fingerprint density at radius 2 is 1.84 bits per heavy atom. The molecular formula is C28H41N3O6. The highest BCUT2D eigenvalue weighted by Gasteiger charge is 2.43. The van der Waals surface area contributed by atoms with Gasteiger partial charge in [0.05, 0.1) is 14.2 Å². The maximum absolute atomic E-state index is 13.6. The number of ether oxygens (including phenoxy) is 3. The molecule has 0 saturated carbocycles. The maximum Gasteiger partial charge on any atom is 0.248 e. The Bertz CT molecular complexity index is 983. The van der Waals surface area contributed by atoms with Crippen LogP contribution in [0.3, 0.4) is 0 Å². The molecule has 4 rings (SSSR count). The number of rotatable bonds is 4. The number of likely N-dealkylation sites (tertiary alicyclic amines) is 1. The molecule has 3 aliphatic heterocycles. The summed E-state index contributed by atoms with van der Waals surface area (Å²) in [5, 5.41) is 3.04. The van der Waals surface area contributed by atoms with E-state index >= 15 is 0 Å². The van der Waals surface area contributed by atoms with E-state index in [-0.39, 0.29) is 42.2 Å². The SMILES string of the molecule is COCC(=O)N1C[C@@H]2C[C@H](C1)[C@@H]1CCCC(=O)NCCCc3cc(cc(OC)c3OC)CCC(=O)N1C2. The summed E-state index contributed by atoms with van der Waals surface area (Å²) in [7, 11) is 4.80. The molecule has 1 aromatic rings. The number of fused-ring (bicyclic) bond motifs is 6. The van der Waals surface area contributed by atoms with E-state index in [0.717, 1.165) is 43.2 Å². The molecule has 3 atom stereocenters. The highest BCUT2D eigenvalue weighted by molar-refractivity contribution is 5.79. The predicted molar refractivity (Wildman–Crippen MR) is 139 cm³/mol. The van der Waals surface area contributed by atoms with Crippen LogP contribution in [0.25, 0.3) is 0 Å². The van der Waals surface area contributed by atoms with Crippen molar-refractivity contribution < 1.29 is 28.6 Å². The fraction of sp³-hybridized carbons (Fsp3) is 0.679. The van der Waals surface area contributed by atoms with Crippen LogP contribution in [0.1, 0.15) is 49.7 Å². The molecule has 9 heteroatoms. The lowest BCUT2D eigenvalue weighted by molar-refractivity contribution is -0.147. The van der Waals surface area contributed by atoms with Crippen molar-refractivity contribution in [3.05, 3.63) is 23.3 Å². The van der Waals surface area contributed by atoms with Gasteiger partial charge < -0.3 is 29.3 Å². The van der Waals surface area contributed by atoms with E-state index < -0.39 is 0 Å². The van der Waals surface area contributed by atoms with E-state index in [4.69, 9.17) is 14.2 Å². The first-order valence-electron chi connectivity index (χ1n) is 13.5. The molecule has 3 heterocycles.